The number of thiazole rings is 1. The van der Waals surface area contributed by atoms with Gasteiger partial charge in [0.2, 0.25) is 5.88 Å². The molecule has 6 nitrogen and oxygen atoms in total. The summed E-state index contributed by atoms with van der Waals surface area (Å²) in [6.07, 6.45) is -3.92. The quantitative estimate of drug-likeness (QED) is 0.644. The van der Waals surface area contributed by atoms with Crippen molar-refractivity contribution in [2.75, 3.05) is 6.61 Å². The molecule has 0 saturated carbocycles. The van der Waals surface area contributed by atoms with E-state index in [1.807, 2.05) is 9.95 Å². The number of nitrogens with zero attached hydrogens (tertiary/aromatic N) is 3. The summed E-state index contributed by atoms with van der Waals surface area (Å²) in [6, 6.07) is 5.93. The maximum atomic E-state index is 12.3. The Labute approximate surface area is 156 Å². The molecule has 2 aromatic heterocycles. The number of imidazole rings is 1. The molecule has 3 heterocycles. The summed E-state index contributed by atoms with van der Waals surface area (Å²) in [4.78, 5) is 8.65. The van der Waals surface area contributed by atoms with E-state index in [0.29, 0.717) is 36.3 Å². The van der Waals surface area contributed by atoms with Gasteiger partial charge in [-0.1, -0.05) is 0 Å². The Morgan fingerprint density at radius 1 is 1.22 bits per heavy atom. The second kappa shape index (κ2) is 7.10. The van der Waals surface area contributed by atoms with E-state index in [1.54, 1.807) is 5.51 Å². The Kier molecular flexibility index (Phi) is 4.65. The molecule has 0 saturated heterocycles. The minimum absolute atomic E-state index is 0.261. The zero-order chi connectivity index (χ0) is 18.9. The van der Waals surface area contributed by atoms with Gasteiger partial charge in [-0.05, 0) is 30.7 Å². The molecule has 1 aliphatic rings. The van der Waals surface area contributed by atoms with Gasteiger partial charge in [0.15, 0.2) is 0 Å². The summed E-state index contributed by atoms with van der Waals surface area (Å²) >= 11 is 1.47. The van der Waals surface area contributed by atoms with Crippen LogP contribution in [0.2, 0.25) is 0 Å². The molecular weight excluding hydrogens is 383 g/mol. The first kappa shape index (κ1) is 17.7. The molecule has 0 atom stereocenters. The third kappa shape index (κ3) is 4.00. The Morgan fingerprint density at radius 2 is 2.04 bits per heavy atom. The molecule has 3 aromatic rings. The second-order valence-electron chi connectivity index (χ2n) is 5.74. The SMILES string of the molecule is FC(F)(F)Oc1ccc(-c2nc3n(c2OCc2cscn2)CCCO3)cc1. The van der Waals surface area contributed by atoms with Crippen molar-refractivity contribution in [2.45, 2.75) is 25.9 Å². The minimum atomic E-state index is -4.73. The van der Waals surface area contributed by atoms with Gasteiger partial charge in [0.05, 0.1) is 17.8 Å². The average Bonchev–Trinajstić information content (AvgIpc) is 3.27. The van der Waals surface area contributed by atoms with E-state index < -0.39 is 6.36 Å². The number of rotatable bonds is 5. The molecule has 0 radical (unpaired) electrons. The van der Waals surface area contributed by atoms with Crippen molar-refractivity contribution in [3.05, 3.63) is 40.8 Å². The Balaban J connectivity index is 1.64. The van der Waals surface area contributed by atoms with Gasteiger partial charge in [-0.2, -0.15) is 4.98 Å². The summed E-state index contributed by atoms with van der Waals surface area (Å²) in [5.41, 5.74) is 3.60. The van der Waals surface area contributed by atoms with Crippen LogP contribution in [0.25, 0.3) is 11.3 Å². The van der Waals surface area contributed by atoms with E-state index in [1.165, 1.54) is 35.6 Å². The number of hydrogen-bond donors (Lipinski definition) is 0. The van der Waals surface area contributed by atoms with Gasteiger partial charge in [0.1, 0.15) is 18.1 Å². The normalized spacial score (nSPS) is 13.7. The summed E-state index contributed by atoms with van der Waals surface area (Å²) in [6.45, 7) is 1.50. The lowest BCUT2D eigenvalue weighted by atomic mass is 10.1. The second-order valence-corrected chi connectivity index (χ2v) is 6.46. The first-order chi connectivity index (χ1) is 13.0. The number of hydrogen-bond acceptors (Lipinski definition) is 6. The van der Waals surface area contributed by atoms with Crippen LogP contribution in [-0.2, 0) is 13.2 Å². The van der Waals surface area contributed by atoms with Gasteiger partial charge in [0.25, 0.3) is 6.01 Å². The van der Waals surface area contributed by atoms with Crippen LogP contribution in [0, 0.1) is 0 Å². The lowest BCUT2D eigenvalue weighted by molar-refractivity contribution is -0.274. The van der Waals surface area contributed by atoms with E-state index in [4.69, 9.17) is 9.47 Å². The Morgan fingerprint density at radius 3 is 2.74 bits per heavy atom. The highest BCUT2D eigenvalue weighted by Gasteiger charge is 2.31. The Hall–Kier alpha value is -2.75. The molecule has 0 aliphatic carbocycles. The first-order valence-corrected chi connectivity index (χ1v) is 9.03. The number of alkyl halides is 3. The summed E-state index contributed by atoms with van der Waals surface area (Å²) in [5, 5.41) is 1.88. The van der Waals surface area contributed by atoms with Crippen molar-refractivity contribution < 1.29 is 27.4 Å². The summed E-state index contributed by atoms with van der Waals surface area (Å²) < 4.78 is 54.3. The van der Waals surface area contributed by atoms with E-state index >= 15 is 0 Å². The zero-order valence-electron chi connectivity index (χ0n) is 13.9. The summed E-state index contributed by atoms with van der Waals surface area (Å²) in [7, 11) is 0. The van der Waals surface area contributed by atoms with E-state index in [2.05, 4.69) is 14.7 Å². The van der Waals surface area contributed by atoms with Gasteiger partial charge in [-0.3, -0.25) is 4.57 Å². The van der Waals surface area contributed by atoms with Crippen LogP contribution < -0.4 is 14.2 Å². The lowest BCUT2D eigenvalue weighted by Crippen LogP contribution is -2.16. The third-order valence-electron chi connectivity index (χ3n) is 3.84. The molecule has 27 heavy (non-hydrogen) atoms. The number of benzene rings is 1. The topological polar surface area (TPSA) is 58.4 Å². The van der Waals surface area contributed by atoms with Crippen LogP contribution in [0.1, 0.15) is 12.1 Å². The maximum Gasteiger partial charge on any atom is 0.573 e. The summed E-state index contributed by atoms with van der Waals surface area (Å²) in [5.74, 6) is 0.207. The van der Waals surface area contributed by atoms with Crippen molar-refractivity contribution in [3.63, 3.8) is 0 Å². The average molecular weight is 397 g/mol. The van der Waals surface area contributed by atoms with E-state index in [0.717, 1.165) is 12.1 Å². The number of fused-ring (bicyclic) bond motifs is 1. The predicted octanol–water partition coefficient (Wildman–Crippen LogP) is 4.27. The third-order valence-corrected chi connectivity index (χ3v) is 4.48. The van der Waals surface area contributed by atoms with Gasteiger partial charge in [-0.15, -0.1) is 24.5 Å². The monoisotopic (exact) mass is 397 g/mol. The highest BCUT2D eigenvalue weighted by molar-refractivity contribution is 7.07. The molecule has 1 aromatic carbocycles. The van der Waals surface area contributed by atoms with Crippen LogP contribution in [0.4, 0.5) is 13.2 Å². The highest BCUT2D eigenvalue weighted by Crippen LogP contribution is 2.37. The molecule has 0 N–H and O–H groups in total. The fourth-order valence-electron chi connectivity index (χ4n) is 2.71. The first-order valence-electron chi connectivity index (χ1n) is 8.09. The fraction of sp³-hybridized carbons (Fsp3) is 0.294. The molecular formula is C17H14F3N3O3S. The van der Waals surface area contributed by atoms with Crippen LogP contribution in [-0.4, -0.2) is 27.5 Å². The molecule has 0 bridgehead atoms. The van der Waals surface area contributed by atoms with E-state index in [9.17, 15) is 13.2 Å². The van der Waals surface area contributed by atoms with Crippen LogP contribution >= 0.6 is 11.3 Å². The lowest BCUT2D eigenvalue weighted by Gasteiger charge is -2.17. The van der Waals surface area contributed by atoms with Gasteiger partial charge >= 0.3 is 6.36 Å². The molecule has 142 valence electrons. The highest BCUT2D eigenvalue weighted by atomic mass is 32.1. The Bertz CT molecular complexity index is 908. The van der Waals surface area contributed by atoms with Crippen LogP contribution in [0.5, 0.6) is 17.6 Å². The van der Waals surface area contributed by atoms with Crippen molar-refractivity contribution in [2.24, 2.45) is 0 Å². The largest absolute Gasteiger partial charge is 0.573 e. The molecule has 0 fully saturated rings. The van der Waals surface area contributed by atoms with Crippen LogP contribution in [0.3, 0.4) is 0 Å². The van der Waals surface area contributed by atoms with Gasteiger partial charge in [0, 0.05) is 17.5 Å². The molecule has 4 rings (SSSR count). The van der Waals surface area contributed by atoms with Crippen LogP contribution in [0.15, 0.2) is 35.2 Å². The standard InChI is InChI=1S/C17H14F3N3O3S/c18-17(19,20)26-13-4-2-11(3-5-13)14-15(25-8-12-9-27-10-21-12)23-6-1-7-24-16(23)22-14/h2-5,9-10H,1,6-8H2. The zero-order valence-corrected chi connectivity index (χ0v) is 14.7. The minimum Gasteiger partial charge on any atom is -0.471 e. The van der Waals surface area contributed by atoms with Crippen molar-refractivity contribution in [3.8, 4) is 28.9 Å². The number of aromatic nitrogens is 3. The van der Waals surface area contributed by atoms with Crippen molar-refractivity contribution in [1.82, 2.24) is 14.5 Å². The molecule has 0 unspecified atom stereocenters. The number of halogens is 3. The number of ether oxygens (including phenoxy) is 3. The smallest absolute Gasteiger partial charge is 0.471 e. The predicted molar refractivity (Wildman–Crippen MR) is 90.9 cm³/mol. The maximum absolute atomic E-state index is 12.3. The fourth-order valence-corrected chi connectivity index (χ4v) is 3.26. The van der Waals surface area contributed by atoms with Crippen molar-refractivity contribution >= 4 is 11.3 Å². The van der Waals surface area contributed by atoms with Gasteiger partial charge in [-0.25, -0.2) is 4.98 Å². The molecule has 10 heteroatoms. The molecule has 0 spiro atoms. The van der Waals surface area contributed by atoms with Crippen molar-refractivity contribution in [1.29, 1.82) is 0 Å². The molecule has 0 amide bonds. The molecule has 1 aliphatic heterocycles. The van der Waals surface area contributed by atoms with Gasteiger partial charge < -0.3 is 14.2 Å². The van der Waals surface area contributed by atoms with E-state index in [-0.39, 0.29) is 12.4 Å².